The molecule has 0 aliphatic carbocycles. The summed E-state index contributed by atoms with van der Waals surface area (Å²) >= 11 is 8.98. The van der Waals surface area contributed by atoms with Gasteiger partial charge in [0, 0.05) is 17.3 Å². The number of halogens is 2. The molecule has 0 aliphatic rings. The van der Waals surface area contributed by atoms with Gasteiger partial charge in [-0.25, -0.2) is 4.98 Å². The Morgan fingerprint density at radius 3 is 2.89 bits per heavy atom. The molecule has 0 unspecified atom stereocenters. The van der Waals surface area contributed by atoms with Crippen molar-refractivity contribution in [1.82, 2.24) is 4.98 Å². The number of pyridine rings is 1. The zero-order valence-electron chi connectivity index (χ0n) is 9.55. The first-order valence-corrected chi connectivity index (χ1v) is 6.41. The van der Waals surface area contributed by atoms with Crippen LogP contribution < -0.4 is 4.74 Å². The highest BCUT2D eigenvalue weighted by Gasteiger charge is 2.15. The number of benzene rings is 1. The van der Waals surface area contributed by atoms with E-state index in [1.165, 1.54) is 6.07 Å². The van der Waals surface area contributed by atoms with Crippen molar-refractivity contribution in [2.45, 2.75) is 6.61 Å². The Balaban J connectivity index is 2.20. The van der Waals surface area contributed by atoms with Crippen molar-refractivity contribution in [3.8, 4) is 5.75 Å². The topological polar surface area (TPSA) is 65.3 Å². The van der Waals surface area contributed by atoms with Gasteiger partial charge in [0.1, 0.15) is 11.2 Å². The van der Waals surface area contributed by atoms with Crippen LogP contribution in [0.5, 0.6) is 5.75 Å². The SMILES string of the molecule is O=[N+]([O-])c1cc(Cl)ccc1COc1cccnc1Br. The molecule has 0 N–H and O–H groups in total. The van der Waals surface area contributed by atoms with Gasteiger partial charge >= 0.3 is 0 Å². The van der Waals surface area contributed by atoms with Gasteiger partial charge in [-0.3, -0.25) is 10.1 Å². The minimum atomic E-state index is -0.483. The van der Waals surface area contributed by atoms with E-state index in [0.29, 0.717) is 20.9 Å². The van der Waals surface area contributed by atoms with Crippen LogP contribution in [-0.2, 0) is 6.61 Å². The summed E-state index contributed by atoms with van der Waals surface area (Å²) in [7, 11) is 0. The average molecular weight is 344 g/mol. The Morgan fingerprint density at radius 1 is 1.42 bits per heavy atom. The summed E-state index contributed by atoms with van der Waals surface area (Å²) in [5.74, 6) is 0.520. The van der Waals surface area contributed by atoms with Crippen LogP contribution in [0.3, 0.4) is 0 Å². The fourth-order valence-electron chi connectivity index (χ4n) is 1.46. The first kappa shape index (κ1) is 13.8. The summed E-state index contributed by atoms with van der Waals surface area (Å²) < 4.78 is 6.04. The lowest BCUT2D eigenvalue weighted by Crippen LogP contribution is -2.01. The molecule has 2 aromatic rings. The standard InChI is InChI=1S/C12H8BrClN2O3/c13-12-11(2-1-5-15-12)19-7-8-3-4-9(14)6-10(8)16(17)18/h1-6H,7H2. The van der Waals surface area contributed by atoms with E-state index in [9.17, 15) is 10.1 Å². The molecule has 0 radical (unpaired) electrons. The average Bonchev–Trinajstić information content (AvgIpc) is 2.38. The van der Waals surface area contributed by atoms with Crippen molar-refractivity contribution in [3.63, 3.8) is 0 Å². The third-order valence-corrected chi connectivity index (χ3v) is 3.18. The normalized spacial score (nSPS) is 10.2. The Labute approximate surface area is 122 Å². The summed E-state index contributed by atoms with van der Waals surface area (Å²) in [6.45, 7) is 0.0672. The van der Waals surface area contributed by atoms with Crippen molar-refractivity contribution < 1.29 is 9.66 Å². The first-order chi connectivity index (χ1) is 9.08. The Morgan fingerprint density at radius 2 is 2.21 bits per heavy atom. The van der Waals surface area contributed by atoms with E-state index in [1.54, 1.807) is 30.5 Å². The fourth-order valence-corrected chi connectivity index (χ4v) is 1.99. The van der Waals surface area contributed by atoms with Crippen LogP contribution in [0, 0.1) is 10.1 Å². The van der Waals surface area contributed by atoms with E-state index in [2.05, 4.69) is 20.9 Å². The lowest BCUT2D eigenvalue weighted by Gasteiger charge is -2.08. The summed E-state index contributed by atoms with van der Waals surface area (Å²) in [4.78, 5) is 14.4. The quantitative estimate of drug-likeness (QED) is 0.478. The van der Waals surface area contributed by atoms with Crippen molar-refractivity contribution in [1.29, 1.82) is 0 Å². The van der Waals surface area contributed by atoms with E-state index in [-0.39, 0.29) is 12.3 Å². The molecular formula is C12H8BrClN2O3. The van der Waals surface area contributed by atoms with Crippen molar-refractivity contribution in [2.75, 3.05) is 0 Å². The molecule has 19 heavy (non-hydrogen) atoms. The predicted molar refractivity (Wildman–Crippen MR) is 74.4 cm³/mol. The smallest absolute Gasteiger partial charge is 0.277 e. The number of hydrogen-bond acceptors (Lipinski definition) is 4. The largest absolute Gasteiger partial charge is 0.486 e. The summed E-state index contributed by atoms with van der Waals surface area (Å²) in [5, 5.41) is 11.2. The maximum absolute atomic E-state index is 10.9. The van der Waals surface area contributed by atoms with Gasteiger partial charge in [-0.05, 0) is 40.2 Å². The molecule has 0 bridgehead atoms. The van der Waals surface area contributed by atoms with Gasteiger partial charge in [-0.1, -0.05) is 11.6 Å². The molecule has 1 aromatic carbocycles. The van der Waals surface area contributed by atoms with Gasteiger partial charge in [0.25, 0.3) is 5.69 Å². The van der Waals surface area contributed by atoms with E-state index in [0.717, 1.165) is 0 Å². The Hall–Kier alpha value is -1.66. The molecule has 7 heteroatoms. The molecule has 0 aliphatic heterocycles. The molecule has 0 saturated carbocycles. The van der Waals surface area contributed by atoms with Gasteiger partial charge in [0.2, 0.25) is 0 Å². The van der Waals surface area contributed by atoms with Crippen LogP contribution in [0.2, 0.25) is 5.02 Å². The molecule has 98 valence electrons. The molecule has 2 rings (SSSR count). The molecule has 0 amide bonds. The molecule has 5 nitrogen and oxygen atoms in total. The number of nitro benzene ring substituents is 1. The number of ether oxygens (including phenoxy) is 1. The maximum atomic E-state index is 10.9. The van der Waals surface area contributed by atoms with Gasteiger partial charge in [0.05, 0.1) is 10.5 Å². The number of rotatable bonds is 4. The maximum Gasteiger partial charge on any atom is 0.277 e. The second-order valence-corrected chi connectivity index (χ2v) is 4.80. The first-order valence-electron chi connectivity index (χ1n) is 5.24. The minimum absolute atomic E-state index is 0.0625. The lowest BCUT2D eigenvalue weighted by atomic mass is 10.2. The zero-order valence-corrected chi connectivity index (χ0v) is 11.9. The Bertz CT molecular complexity index is 622. The highest BCUT2D eigenvalue weighted by molar-refractivity contribution is 9.10. The van der Waals surface area contributed by atoms with Crippen LogP contribution in [0.4, 0.5) is 5.69 Å². The summed E-state index contributed by atoms with van der Waals surface area (Å²) in [6, 6.07) is 7.91. The van der Waals surface area contributed by atoms with Crippen molar-refractivity contribution in [3.05, 3.63) is 61.8 Å². The van der Waals surface area contributed by atoms with E-state index >= 15 is 0 Å². The minimum Gasteiger partial charge on any atom is -0.486 e. The van der Waals surface area contributed by atoms with Crippen molar-refractivity contribution in [2.24, 2.45) is 0 Å². The second-order valence-electron chi connectivity index (χ2n) is 3.61. The third kappa shape index (κ3) is 3.42. The van der Waals surface area contributed by atoms with Crippen molar-refractivity contribution >= 4 is 33.2 Å². The molecular weight excluding hydrogens is 336 g/mol. The molecule has 0 atom stereocenters. The second kappa shape index (κ2) is 5.99. The number of hydrogen-bond donors (Lipinski definition) is 0. The molecule has 0 spiro atoms. The highest BCUT2D eigenvalue weighted by Crippen LogP contribution is 2.26. The molecule has 0 fully saturated rings. The van der Waals surface area contributed by atoms with Crippen LogP contribution in [0.25, 0.3) is 0 Å². The van der Waals surface area contributed by atoms with Gasteiger partial charge in [-0.15, -0.1) is 0 Å². The van der Waals surface area contributed by atoms with Gasteiger partial charge < -0.3 is 4.74 Å². The number of nitrogens with zero attached hydrogens (tertiary/aromatic N) is 2. The monoisotopic (exact) mass is 342 g/mol. The molecule has 1 heterocycles. The molecule has 0 saturated heterocycles. The fraction of sp³-hybridized carbons (Fsp3) is 0.0833. The van der Waals surface area contributed by atoms with Crippen LogP contribution in [-0.4, -0.2) is 9.91 Å². The number of nitro groups is 1. The van der Waals surface area contributed by atoms with Gasteiger partial charge in [-0.2, -0.15) is 0 Å². The van der Waals surface area contributed by atoms with Crippen LogP contribution >= 0.6 is 27.5 Å². The van der Waals surface area contributed by atoms with Crippen LogP contribution in [0.1, 0.15) is 5.56 Å². The summed E-state index contributed by atoms with van der Waals surface area (Å²) in [5.41, 5.74) is 0.387. The molecule has 1 aromatic heterocycles. The van der Waals surface area contributed by atoms with Gasteiger partial charge in [0.15, 0.2) is 5.75 Å². The Kier molecular flexibility index (Phi) is 4.34. The van der Waals surface area contributed by atoms with E-state index in [4.69, 9.17) is 16.3 Å². The number of aromatic nitrogens is 1. The lowest BCUT2D eigenvalue weighted by molar-refractivity contribution is -0.385. The third-order valence-electron chi connectivity index (χ3n) is 2.35. The highest BCUT2D eigenvalue weighted by atomic mass is 79.9. The summed E-state index contributed by atoms with van der Waals surface area (Å²) in [6.07, 6.45) is 1.61. The van der Waals surface area contributed by atoms with E-state index < -0.39 is 4.92 Å². The van der Waals surface area contributed by atoms with E-state index in [1.807, 2.05) is 0 Å². The zero-order chi connectivity index (χ0) is 13.8. The predicted octanol–water partition coefficient (Wildman–Crippen LogP) is 3.98. The van der Waals surface area contributed by atoms with Crippen LogP contribution in [0.15, 0.2) is 41.1 Å².